The lowest BCUT2D eigenvalue weighted by Crippen LogP contribution is -2.54. The van der Waals surface area contributed by atoms with Gasteiger partial charge in [-0.15, -0.1) is 0 Å². The van der Waals surface area contributed by atoms with Crippen molar-refractivity contribution in [1.29, 1.82) is 0 Å². The second-order valence-corrected chi connectivity index (χ2v) is 6.58. The fourth-order valence-corrected chi connectivity index (χ4v) is 3.40. The Bertz CT molecular complexity index is 849. The van der Waals surface area contributed by atoms with Gasteiger partial charge in [0.05, 0.1) is 18.0 Å². The Hall–Kier alpha value is -2.82. The van der Waals surface area contributed by atoms with Gasteiger partial charge in [-0.05, 0) is 48.1 Å². The molecule has 1 N–H and O–H groups in total. The smallest absolute Gasteiger partial charge is 0.317 e. The number of fused-ring (bicyclic) bond motifs is 1. The number of benzene rings is 1. The normalized spacial score (nSPS) is 14.5. The molecule has 0 spiro atoms. The molecule has 0 unspecified atom stereocenters. The van der Waals surface area contributed by atoms with Gasteiger partial charge in [0.2, 0.25) is 0 Å². The first kappa shape index (κ1) is 15.7. The summed E-state index contributed by atoms with van der Waals surface area (Å²) >= 11 is 0. The van der Waals surface area contributed by atoms with Gasteiger partial charge in [0.15, 0.2) is 0 Å². The van der Waals surface area contributed by atoms with Crippen LogP contribution in [0.4, 0.5) is 4.79 Å². The third-order valence-electron chi connectivity index (χ3n) is 4.76. The summed E-state index contributed by atoms with van der Waals surface area (Å²) in [5, 5.41) is 4.18. The van der Waals surface area contributed by atoms with Gasteiger partial charge in [-0.2, -0.15) is 0 Å². The van der Waals surface area contributed by atoms with E-state index in [1.54, 1.807) is 12.5 Å². The number of nitrogens with one attached hydrogen (secondary N) is 1. The van der Waals surface area contributed by atoms with Crippen LogP contribution < -0.4 is 5.32 Å². The van der Waals surface area contributed by atoms with Gasteiger partial charge < -0.3 is 14.6 Å². The standard InChI is InChI=1S/C20H21N3O2/c24-20(23-12-16(13-23)11-15-7-10-25-14-15)22-9-6-17-5-8-21-19-4-2-1-3-18(17)19/h1-5,7-8,10,14,16H,6,9,11-13H2,(H,22,24). The minimum Gasteiger partial charge on any atom is -0.472 e. The number of urea groups is 1. The molecule has 0 radical (unpaired) electrons. The molecule has 2 amide bonds. The van der Waals surface area contributed by atoms with E-state index in [1.807, 2.05) is 41.4 Å². The first-order chi connectivity index (χ1) is 12.3. The summed E-state index contributed by atoms with van der Waals surface area (Å²) in [5.41, 5.74) is 3.41. The molecular weight excluding hydrogens is 314 g/mol. The molecule has 4 rings (SSSR count). The van der Waals surface area contributed by atoms with E-state index in [9.17, 15) is 4.79 Å². The van der Waals surface area contributed by atoms with Crippen LogP contribution in [0.1, 0.15) is 11.1 Å². The number of nitrogens with zero attached hydrogens (tertiary/aromatic N) is 2. The molecule has 1 aromatic carbocycles. The Balaban J connectivity index is 1.24. The van der Waals surface area contributed by atoms with Crippen LogP contribution in [0, 0.1) is 5.92 Å². The van der Waals surface area contributed by atoms with Crippen LogP contribution in [0.5, 0.6) is 0 Å². The Morgan fingerprint density at radius 1 is 1.24 bits per heavy atom. The number of furan rings is 1. The third-order valence-corrected chi connectivity index (χ3v) is 4.76. The number of pyridine rings is 1. The minimum absolute atomic E-state index is 0.0294. The predicted octanol–water partition coefficient (Wildman–Crippen LogP) is 3.25. The average molecular weight is 335 g/mol. The van der Waals surface area contributed by atoms with Crippen molar-refractivity contribution < 1.29 is 9.21 Å². The molecule has 1 fully saturated rings. The summed E-state index contributed by atoms with van der Waals surface area (Å²) in [6.45, 7) is 2.26. The second kappa shape index (κ2) is 6.97. The van der Waals surface area contributed by atoms with Crippen molar-refractivity contribution >= 4 is 16.9 Å². The molecule has 1 aliphatic rings. The Morgan fingerprint density at radius 3 is 2.96 bits per heavy atom. The molecule has 1 aliphatic heterocycles. The summed E-state index contributed by atoms with van der Waals surface area (Å²) in [6, 6.07) is 12.1. The highest BCUT2D eigenvalue weighted by atomic mass is 16.3. The van der Waals surface area contributed by atoms with Crippen LogP contribution >= 0.6 is 0 Å². The quantitative estimate of drug-likeness (QED) is 0.778. The molecule has 0 bridgehead atoms. The number of likely N-dealkylation sites (tertiary alicyclic amines) is 1. The molecule has 3 aromatic rings. The van der Waals surface area contributed by atoms with Crippen molar-refractivity contribution in [2.45, 2.75) is 12.8 Å². The number of amides is 2. The minimum atomic E-state index is 0.0294. The van der Waals surface area contributed by atoms with Gasteiger partial charge in [-0.3, -0.25) is 4.98 Å². The topological polar surface area (TPSA) is 58.4 Å². The molecule has 25 heavy (non-hydrogen) atoms. The number of carbonyl (C=O) groups excluding carboxylic acids is 1. The molecule has 3 heterocycles. The second-order valence-electron chi connectivity index (χ2n) is 6.58. The first-order valence-electron chi connectivity index (χ1n) is 8.66. The van der Waals surface area contributed by atoms with Crippen molar-refractivity contribution in [3.05, 3.63) is 66.2 Å². The van der Waals surface area contributed by atoms with E-state index in [0.717, 1.165) is 36.8 Å². The predicted molar refractivity (Wildman–Crippen MR) is 96.3 cm³/mol. The van der Waals surface area contributed by atoms with Crippen LogP contribution in [0.2, 0.25) is 0 Å². The summed E-state index contributed by atoms with van der Waals surface area (Å²) in [5.74, 6) is 0.535. The van der Waals surface area contributed by atoms with Crippen LogP contribution in [0.15, 0.2) is 59.5 Å². The van der Waals surface area contributed by atoms with E-state index in [4.69, 9.17) is 4.42 Å². The van der Waals surface area contributed by atoms with Crippen LogP contribution in [0.3, 0.4) is 0 Å². The molecule has 128 valence electrons. The molecule has 0 atom stereocenters. The van der Waals surface area contributed by atoms with Crippen LogP contribution in [-0.2, 0) is 12.8 Å². The summed E-state index contributed by atoms with van der Waals surface area (Å²) in [7, 11) is 0. The lowest BCUT2D eigenvalue weighted by Gasteiger charge is -2.39. The zero-order valence-corrected chi connectivity index (χ0v) is 14.0. The van der Waals surface area contributed by atoms with Gasteiger partial charge >= 0.3 is 6.03 Å². The van der Waals surface area contributed by atoms with Crippen molar-refractivity contribution in [3.63, 3.8) is 0 Å². The highest BCUT2D eigenvalue weighted by molar-refractivity contribution is 5.82. The number of hydrogen-bond acceptors (Lipinski definition) is 3. The third kappa shape index (κ3) is 3.50. The number of rotatable bonds is 5. The maximum Gasteiger partial charge on any atom is 0.317 e. The lowest BCUT2D eigenvalue weighted by atomic mass is 9.94. The van der Waals surface area contributed by atoms with Gasteiger partial charge in [-0.25, -0.2) is 4.79 Å². The van der Waals surface area contributed by atoms with Crippen LogP contribution in [-0.4, -0.2) is 35.5 Å². The average Bonchev–Trinajstić information content (AvgIpc) is 3.11. The van der Waals surface area contributed by atoms with Gasteiger partial charge in [0.25, 0.3) is 0 Å². The number of hydrogen-bond donors (Lipinski definition) is 1. The van der Waals surface area contributed by atoms with Gasteiger partial charge in [0.1, 0.15) is 0 Å². The van der Waals surface area contributed by atoms with Crippen molar-refractivity contribution in [1.82, 2.24) is 15.2 Å². The SMILES string of the molecule is O=C(NCCc1ccnc2ccccc12)N1CC(Cc2ccoc2)C1. The van der Waals surface area contributed by atoms with E-state index in [2.05, 4.69) is 16.4 Å². The first-order valence-corrected chi connectivity index (χ1v) is 8.66. The molecule has 5 heteroatoms. The zero-order chi connectivity index (χ0) is 17.1. The maximum atomic E-state index is 12.2. The molecular formula is C20H21N3O2. The Kier molecular flexibility index (Phi) is 4.37. The monoisotopic (exact) mass is 335 g/mol. The van der Waals surface area contributed by atoms with Crippen molar-refractivity contribution in [2.75, 3.05) is 19.6 Å². The Labute approximate surface area is 146 Å². The van der Waals surface area contributed by atoms with Crippen LogP contribution in [0.25, 0.3) is 10.9 Å². The van der Waals surface area contributed by atoms with Gasteiger partial charge in [-0.1, -0.05) is 18.2 Å². The molecule has 1 saturated heterocycles. The van der Waals surface area contributed by atoms with Crippen molar-refractivity contribution in [3.8, 4) is 0 Å². The van der Waals surface area contributed by atoms with E-state index >= 15 is 0 Å². The number of carbonyl (C=O) groups is 1. The fraction of sp³-hybridized carbons (Fsp3) is 0.300. The van der Waals surface area contributed by atoms with Gasteiger partial charge in [0, 0.05) is 31.2 Å². The van der Waals surface area contributed by atoms with Crippen molar-refractivity contribution in [2.24, 2.45) is 5.92 Å². The highest BCUT2D eigenvalue weighted by Crippen LogP contribution is 2.21. The summed E-state index contributed by atoms with van der Waals surface area (Å²) in [4.78, 5) is 18.5. The summed E-state index contributed by atoms with van der Waals surface area (Å²) in [6.07, 6.45) is 7.09. The number of aromatic nitrogens is 1. The Morgan fingerprint density at radius 2 is 2.12 bits per heavy atom. The van der Waals surface area contributed by atoms with E-state index in [0.29, 0.717) is 12.5 Å². The fourth-order valence-electron chi connectivity index (χ4n) is 3.40. The largest absolute Gasteiger partial charge is 0.472 e. The molecule has 2 aromatic heterocycles. The maximum absolute atomic E-state index is 12.2. The molecule has 5 nitrogen and oxygen atoms in total. The highest BCUT2D eigenvalue weighted by Gasteiger charge is 2.30. The van der Waals surface area contributed by atoms with E-state index < -0.39 is 0 Å². The molecule has 0 saturated carbocycles. The molecule has 0 aliphatic carbocycles. The summed E-state index contributed by atoms with van der Waals surface area (Å²) < 4.78 is 5.09. The zero-order valence-electron chi connectivity index (χ0n) is 14.0. The lowest BCUT2D eigenvalue weighted by molar-refractivity contribution is 0.121. The van der Waals surface area contributed by atoms with E-state index in [-0.39, 0.29) is 6.03 Å². The van der Waals surface area contributed by atoms with E-state index in [1.165, 1.54) is 11.1 Å². The number of para-hydroxylation sites is 1.